The molecule has 0 spiro atoms. The number of rotatable bonds is 4. The summed E-state index contributed by atoms with van der Waals surface area (Å²) in [7, 11) is 0. The van der Waals surface area contributed by atoms with E-state index in [1.807, 2.05) is 0 Å². The lowest BCUT2D eigenvalue weighted by molar-refractivity contribution is 1.62. The van der Waals surface area contributed by atoms with Crippen molar-refractivity contribution in [3.05, 3.63) is 194 Å². The highest BCUT2D eigenvalue weighted by atomic mass is 14.2. The molecule has 0 amide bonds. The summed E-state index contributed by atoms with van der Waals surface area (Å²) in [4.78, 5) is 0. The van der Waals surface area contributed by atoms with E-state index in [-0.39, 0.29) is 0 Å². The van der Waals surface area contributed by atoms with Crippen LogP contribution in [0.4, 0.5) is 0 Å². The summed E-state index contributed by atoms with van der Waals surface area (Å²) in [5.41, 5.74) is 9.92. The summed E-state index contributed by atoms with van der Waals surface area (Å²) in [5.74, 6) is 0. The molecule has 50 heavy (non-hydrogen) atoms. The van der Waals surface area contributed by atoms with Gasteiger partial charge >= 0.3 is 0 Å². The molecule has 0 aromatic heterocycles. The average Bonchev–Trinajstić information content (AvgIpc) is 3.19. The van der Waals surface area contributed by atoms with Gasteiger partial charge in [0.2, 0.25) is 0 Å². The molecule has 0 saturated carbocycles. The zero-order chi connectivity index (χ0) is 33.0. The van der Waals surface area contributed by atoms with E-state index in [0.29, 0.717) is 0 Å². The zero-order valence-corrected chi connectivity index (χ0v) is 27.5. The SMILES string of the molecule is c1cc(-c2cccc3ccccc23)cc(-c2cc3cc(-c4cccc(-c5cccc6ccccc56)c4)c4ccccc4c3c3ccccc23)c1. The molecular formula is C50H32. The Balaban J connectivity index is 1.20. The number of hydrogen-bond acceptors (Lipinski definition) is 0. The van der Waals surface area contributed by atoms with Gasteiger partial charge in [0.25, 0.3) is 0 Å². The molecule has 10 aromatic carbocycles. The van der Waals surface area contributed by atoms with E-state index in [1.165, 1.54) is 98.4 Å². The zero-order valence-electron chi connectivity index (χ0n) is 27.5. The van der Waals surface area contributed by atoms with Gasteiger partial charge in [-0.15, -0.1) is 0 Å². The summed E-state index contributed by atoms with van der Waals surface area (Å²) in [5, 5.41) is 12.7. The maximum atomic E-state index is 2.42. The maximum absolute atomic E-state index is 2.42. The quantitative estimate of drug-likeness (QED) is 0.169. The second kappa shape index (κ2) is 11.6. The van der Waals surface area contributed by atoms with Crippen LogP contribution < -0.4 is 0 Å². The predicted molar refractivity (Wildman–Crippen MR) is 216 cm³/mol. The van der Waals surface area contributed by atoms with Crippen LogP contribution in [0.2, 0.25) is 0 Å². The molecule has 10 aromatic rings. The van der Waals surface area contributed by atoms with Crippen molar-refractivity contribution in [3.63, 3.8) is 0 Å². The average molecular weight is 633 g/mol. The Morgan fingerprint density at radius 1 is 0.200 bits per heavy atom. The molecule has 0 bridgehead atoms. The third kappa shape index (κ3) is 4.61. The van der Waals surface area contributed by atoms with Gasteiger partial charge in [-0.1, -0.05) is 170 Å². The predicted octanol–water partition coefficient (Wildman–Crippen LogP) is 14.1. The van der Waals surface area contributed by atoms with Crippen LogP contribution in [0.15, 0.2) is 194 Å². The highest BCUT2D eigenvalue weighted by Crippen LogP contribution is 2.43. The molecule has 0 N–H and O–H groups in total. The van der Waals surface area contributed by atoms with Crippen LogP contribution in [0, 0.1) is 0 Å². The van der Waals surface area contributed by atoms with Crippen molar-refractivity contribution < 1.29 is 0 Å². The van der Waals surface area contributed by atoms with Crippen molar-refractivity contribution in [3.8, 4) is 44.5 Å². The Bertz CT molecular complexity index is 2720. The van der Waals surface area contributed by atoms with Crippen LogP contribution in [-0.4, -0.2) is 0 Å². The molecule has 0 aliphatic heterocycles. The van der Waals surface area contributed by atoms with Crippen LogP contribution in [0.5, 0.6) is 0 Å². The summed E-state index contributed by atoms with van der Waals surface area (Å²) in [6.07, 6.45) is 0. The minimum Gasteiger partial charge on any atom is -0.0616 e. The largest absolute Gasteiger partial charge is 0.0616 e. The van der Waals surface area contributed by atoms with Crippen molar-refractivity contribution in [2.24, 2.45) is 0 Å². The van der Waals surface area contributed by atoms with Gasteiger partial charge in [0.05, 0.1) is 0 Å². The third-order valence-electron chi connectivity index (χ3n) is 10.4. The lowest BCUT2D eigenvalue weighted by atomic mass is 9.86. The van der Waals surface area contributed by atoms with E-state index in [2.05, 4.69) is 194 Å². The maximum Gasteiger partial charge on any atom is -0.00259 e. The van der Waals surface area contributed by atoms with Gasteiger partial charge < -0.3 is 0 Å². The van der Waals surface area contributed by atoms with E-state index < -0.39 is 0 Å². The number of hydrogen-bond donors (Lipinski definition) is 0. The van der Waals surface area contributed by atoms with Gasteiger partial charge in [0, 0.05) is 0 Å². The van der Waals surface area contributed by atoms with Gasteiger partial charge in [0.15, 0.2) is 0 Å². The van der Waals surface area contributed by atoms with Gasteiger partial charge in [-0.05, 0) is 123 Å². The van der Waals surface area contributed by atoms with Crippen LogP contribution in [0.3, 0.4) is 0 Å². The molecule has 0 nitrogen and oxygen atoms in total. The third-order valence-corrected chi connectivity index (χ3v) is 10.4. The van der Waals surface area contributed by atoms with Crippen molar-refractivity contribution >= 4 is 53.9 Å². The molecule has 0 atom stereocenters. The van der Waals surface area contributed by atoms with Gasteiger partial charge in [-0.3, -0.25) is 0 Å². The summed E-state index contributed by atoms with van der Waals surface area (Å²) in [6.45, 7) is 0. The molecule has 0 saturated heterocycles. The van der Waals surface area contributed by atoms with Crippen molar-refractivity contribution in [1.82, 2.24) is 0 Å². The monoisotopic (exact) mass is 632 g/mol. The Morgan fingerprint density at radius 3 is 1.00 bits per heavy atom. The smallest absolute Gasteiger partial charge is 0.00259 e. The van der Waals surface area contributed by atoms with E-state index in [0.717, 1.165) is 0 Å². The molecular weight excluding hydrogens is 601 g/mol. The highest BCUT2D eigenvalue weighted by Gasteiger charge is 2.16. The first-order valence-electron chi connectivity index (χ1n) is 17.3. The standard InChI is InChI=1S/C50H32/c1-3-21-40-33(13-1)15-11-27-42(40)35-17-9-19-37(29-35)48-31-39-32-49(45-24-6-8-26-47(45)50(39)46-25-7-5-23-44(46)48)38-20-10-18-36(30-38)43-28-12-16-34-14-2-4-22-41(34)43/h1-32H. The topological polar surface area (TPSA) is 0 Å². The Labute approximate surface area is 291 Å². The van der Waals surface area contributed by atoms with E-state index in [9.17, 15) is 0 Å². The van der Waals surface area contributed by atoms with Crippen LogP contribution in [-0.2, 0) is 0 Å². The fourth-order valence-corrected chi connectivity index (χ4v) is 8.12. The van der Waals surface area contributed by atoms with E-state index in [1.54, 1.807) is 0 Å². The molecule has 0 aliphatic carbocycles. The molecule has 0 heterocycles. The fourth-order valence-electron chi connectivity index (χ4n) is 8.12. The van der Waals surface area contributed by atoms with Crippen LogP contribution >= 0.6 is 0 Å². The molecule has 0 unspecified atom stereocenters. The molecule has 0 heteroatoms. The van der Waals surface area contributed by atoms with Crippen molar-refractivity contribution in [2.45, 2.75) is 0 Å². The van der Waals surface area contributed by atoms with Gasteiger partial charge in [0.1, 0.15) is 0 Å². The molecule has 232 valence electrons. The normalized spacial score (nSPS) is 11.6. The first kappa shape index (κ1) is 28.5. The minimum absolute atomic E-state index is 1.22. The van der Waals surface area contributed by atoms with Crippen LogP contribution in [0.1, 0.15) is 0 Å². The Morgan fingerprint density at radius 2 is 0.540 bits per heavy atom. The van der Waals surface area contributed by atoms with Crippen molar-refractivity contribution in [2.75, 3.05) is 0 Å². The summed E-state index contributed by atoms with van der Waals surface area (Å²) >= 11 is 0. The van der Waals surface area contributed by atoms with Gasteiger partial charge in [-0.25, -0.2) is 0 Å². The lowest BCUT2D eigenvalue weighted by Crippen LogP contribution is -1.90. The van der Waals surface area contributed by atoms with Gasteiger partial charge in [-0.2, -0.15) is 0 Å². The Hall–Kier alpha value is -6.50. The van der Waals surface area contributed by atoms with Crippen LogP contribution in [0.25, 0.3) is 98.4 Å². The Kier molecular flexibility index (Phi) is 6.60. The second-order valence-electron chi connectivity index (χ2n) is 13.3. The molecule has 10 rings (SSSR count). The lowest BCUT2D eigenvalue weighted by Gasteiger charge is -2.17. The van der Waals surface area contributed by atoms with E-state index >= 15 is 0 Å². The van der Waals surface area contributed by atoms with E-state index in [4.69, 9.17) is 0 Å². The first-order chi connectivity index (χ1) is 24.8. The fraction of sp³-hybridized carbons (Fsp3) is 0. The number of benzene rings is 10. The minimum atomic E-state index is 1.22. The molecule has 0 radical (unpaired) electrons. The number of fused-ring (bicyclic) bond motifs is 7. The second-order valence-corrected chi connectivity index (χ2v) is 13.3. The molecule has 0 aliphatic rings. The highest BCUT2D eigenvalue weighted by molar-refractivity contribution is 6.26. The first-order valence-corrected chi connectivity index (χ1v) is 17.3. The van der Waals surface area contributed by atoms with Crippen molar-refractivity contribution in [1.29, 1.82) is 0 Å². The summed E-state index contributed by atoms with van der Waals surface area (Å²) < 4.78 is 0. The molecule has 0 fully saturated rings. The summed E-state index contributed by atoms with van der Waals surface area (Å²) in [6, 6.07) is 71.4.